The molecule has 0 aromatic rings. The third-order valence-electron chi connectivity index (χ3n) is 2.60. The largest absolute Gasteiger partial charge is 0.481 e. The highest BCUT2D eigenvalue weighted by molar-refractivity contribution is 5.95. The minimum Gasteiger partial charge on any atom is -0.481 e. The molecule has 3 heteroatoms. The molecule has 0 spiro atoms. The standard InChI is InChI=1S/C10H14O3/c1-6-3-4-8(9(11)5-6)7(2)10(12)13/h5,7-8H,3-4H2,1-2H3,(H,12,13). The lowest BCUT2D eigenvalue weighted by atomic mass is 9.81. The highest BCUT2D eigenvalue weighted by Crippen LogP contribution is 2.26. The van der Waals surface area contributed by atoms with Crippen LogP contribution in [-0.2, 0) is 9.59 Å². The Morgan fingerprint density at radius 2 is 2.31 bits per heavy atom. The fourth-order valence-corrected chi connectivity index (χ4v) is 1.62. The predicted octanol–water partition coefficient (Wildman–Crippen LogP) is 1.63. The van der Waals surface area contributed by atoms with Gasteiger partial charge in [0.15, 0.2) is 5.78 Å². The average molecular weight is 182 g/mol. The number of hydrogen-bond donors (Lipinski definition) is 1. The van der Waals surface area contributed by atoms with Gasteiger partial charge in [-0.25, -0.2) is 0 Å². The van der Waals surface area contributed by atoms with Gasteiger partial charge in [-0.3, -0.25) is 9.59 Å². The summed E-state index contributed by atoms with van der Waals surface area (Å²) in [7, 11) is 0. The number of ketones is 1. The van der Waals surface area contributed by atoms with Gasteiger partial charge in [0.2, 0.25) is 0 Å². The monoisotopic (exact) mass is 182 g/mol. The fourth-order valence-electron chi connectivity index (χ4n) is 1.62. The van der Waals surface area contributed by atoms with Crippen LogP contribution in [0.25, 0.3) is 0 Å². The number of allylic oxidation sites excluding steroid dienone is 2. The van der Waals surface area contributed by atoms with Crippen LogP contribution in [0, 0.1) is 11.8 Å². The summed E-state index contributed by atoms with van der Waals surface area (Å²) in [4.78, 5) is 22.1. The van der Waals surface area contributed by atoms with Crippen molar-refractivity contribution in [2.45, 2.75) is 26.7 Å². The van der Waals surface area contributed by atoms with Crippen LogP contribution in [-0.4, -0.2) is 16.9 Å². The van der Waals surface area contributed by atoms with Gasteiger partial charge >= 0.3 is 5.97 Å². The van der Waals surface area contributed by atoms with E-state index in [0.717, 1.165) is 12.0 Å². The maximum atomic E-state index is 11.4. The van der Waals surface area contributed by atoms with Crippen molar-refractivity contribution in [1.82, 2.24) is 0 Å². The zero-order valence-corrected chi connectivity index (χ0v) is 7.91. The van der Waals surface area contributed by atoms with E-state index in [1.807, 2.05) is 6.92 Å². The molecule has 0 heterocycles. The van der Waals surface area contributed by atoms with Crippen LogP contribution < -0.4 is 0 Å². The Bertz CT molecular complexity index is 265. The van der Waals surface area contributed by atoms with E-state index < -0.39 is 11.9 Å². The molecule has 0 saturated heterocycles. The number of carbonyl (C=O) groups is 2. The molecule has 1 rings (SSSR count). The van der Waals surface area contributed by atoms with Gasteiger partial charge in [0.25, 0.3) is 0 Å². The maximum absolute atomic E-state index is 11.4. The minimum absolute atomic E-state index is 0.0290. The third-order valence-corrected chi connectivity index (χ3v) is 2.60. The quantitative estimate of drug-likeness (QED) is 0.706. The Balaban J connectivity index is 2.74. The number of aliphatic carboxylic acids is 1. The van der Waals surface area contributed by atoms with Crippen LogP contribution >= 0.6 is 0 Å². The molecular formula is C10H14O3. The van der Waals surface area contributed by atoms with E-state index in [1.54, 1.807) is 13.0 Å². The molecule has 0 bridgehead atoms. The second-order valence-corrected chi connectivity index (χ2v) is 3.67. The van der Waals surface area contributed by atoms with Gasteiger partial charge in [0.1, 0.15) is 0 Å². The molecule has 0 amide bonds. The Hall–Kier alpha value is -1.12. The number of hydrogen-bond acceptors (Lipinski definition) is 2. The molecule has 0 aliphatic heterocycles. The molecule has 0 aromatic heterocycles. The Labute approximate surface area is 77.4 Å². The van der Waals surface area contributed by atoms with E-state index in [0.29, 0.717) is 6.42 Å². The molecule has 3 nitrogen and oxygen atoms in total. The van der Waals surface area contributed by atoms with Crippen LogP contribution in [0.4, 0.5) is 0 Å². The second kappa shape index (κ2) is 3.73. The molecule has 1 aliphatic carbocycles. The van der Waals surface area contributed by atoms with Crippen molar-refractivity contribution in [1.29, 1.82) is 0 Å². The van der Waals surface area contributed by atoms with Gasteiger partial charge < -0.3 is 5.11 Å². The highest BCUT2D eigenvalue weighted by Gasteiger charge is 2.30. The van der Waals surface area contributed by atoms with Gasteiger partial charge in [-0.1, -0.05) is 12.5 Å². The summed E-state index contributed by atoms with van der Waals surface area (Å²) in [5.74, 6) is -1.79. The first-order chi connectivity index (χ1) is 6.02. The molecule has 2 unspecified atom stereocenters. The Morgan fingerprint density at radius 3 is 2.77 bits per heavy atom. The number of carbonyl (C=O) groups excluding carboxylic acids is 1. The summed E-state index contributed by atoms with van der Waals surface area (Å²) in [5.41, 5.74) is 1.05. The third kappa shape index (κ3) is 2.17. The Morgan fingerprint density at radius 1 is 1.69 bits per heavy atom. The first-order valence-electron chi connectivity index (χ1n) is 4.46. The van der Waals surface area contributed by atoms with Crippen molar-refractivity contribution in [2.75, 3.05) is 0 Å². The van der Waals surface area contributed by atoms with Crippen molar-refractivity contribution in [2.24, 2.45) is 11.8 Å². The molecule has 0 radical (unpaired) electrons. The number of carboxylic acid groups (broad SMARTS) is 1. The zero-order valence-electron chi connectivity index (χ0n) is 7.91. The summed E-state index contributed by atoms with van der Waals surface area (Å²) >= 11 is 0. The maximum Gasteiger partial charge on any atom is 0.306 e. The fraction of sp³-hybridized carbons (Fsp3) is 0.600. The second-order valence-electron chi connectivity index (χ2n) is 3.67. The summed E-state index contributed by atoms with van der Waals surface area (Å²) in [6.45, 7) is 3.50. The molecule has 1 N–H and O–H groups in total. The van der Waals surface area contributed by atoms with Crippen molar-refractivity contribution < 1.29 is 14.7 Å². The zero-order chi connectivity index (χ0) is 10.0. The van der Waals surface area contributed by atoms with Crippen LogP contribution in [0.3, 0.4) is 0 Å². The highest BCUT2D eigenvalue weighted by atomic mass is 16.4. The summed E-state index contributed by atoms with van der Waals surface area (Å²) in [5, 5.41) is 8.75. The first-order valence-corrected chi connectivity index (χ1v) is 4.46. The average Bonchev–Trinajstić information content (AvgIpc) is 2.03. The molecule has 13 heavy (non-hydrogen) atoms. The summed E-state index contributed by atoms with van der Waals surface area (Å²) < 4.78 is 0. The molecule has 0 saturated carbocycles. The van der Waals surface area contributed by atoms with Gasteiger partial charge in [-0.15, -0.1) is 0 Å². The summed E-state index contributed by atoms with van der Waals surface area (Å²) in [6.07, 6.45) is 3.09. The minimum atomic E-state index is -0.883. The van der Waals surface area contributed by atoms with Crippen molar-refractivity contribution in [3.8, 4) is 0 Å². The molecule has 2 atom stereocenters. The number of carboxylic acids is 1. The van der Waals surface area contributed by atoms with E-state index in [9.17, 15) is 9.59 Å². The number of rotatable bonds is 2. The van der Waals surface area contributed by atoms with Crippen LogP contribution in [0.2, 0.25) is 0 Å². The van der Waals surface area contributed by atoms with Crippen LogP contribution in [0.1, 0.15) is 26.7 Å². The van der Waals surface area contributed by atoms with E-state index in [-0.39, 0.29) is 11.7 Å². The van der Waals surface area contributed by atoms with Gasteiger partial charge in [-0.2, -0.15) is 0 Å². The van der Waals surface area contributed by atoms with Crippen molar-refractivity contribution in [3.05, 3.63) is 11.6 Å². The first kappa shape index (κ1) is 9.96. The van der Waals surface area contributed by atoms with E-state index in [2.05, 4.69) is 0 Å². The Kier molecular flexibility index (Phi) is 2.86. The SMILES string of the molecule is CC1=CC(=O)C(C(C)C(=O)O)CC1. The molecule has 0 fully saturated rings. The van der Waals surface area contributed by atoms with Crippen molar-refractivity contribution >= 4 is 11.8 Å². The van der Waals surface area contributed by atoms with Crippen molar-refractivity contribution in [3.63, 3.8) is 0 Å². The molecule has 72 valence electrons. The molecular weight excluding hydrogens is 168 g/mol. The molecule has 0 aromatic carbocycles. The lowest BCUT2D eigenvalue weighted by Gasteiger charge is -2.22. The lowest BCUT2D eigenvalue weighted by molar-refractivity contribution is -0.145. The van der Waals surface area contributed by atoms with Crippen LogP contribution in [0.5, 0.6) is 0 Å². The van der Waals surface area contributed by atoms with Gasteiger partial charge in [0.05, 0.1) is 5.92 Å². The van der Waals surface area contributed by atoms with Gasteiger partial charge in [-0.05, 0) is 25.8 Å². The van der Waals surface area contributed by atoms with Crippen LogP contribution in [0.15, 0.2) is 11.6 Å². The lowest BCUT2D eigenvalue weighted by Crippen LogP contribution is -2.28. The predicted molar refractivity (Wildman–Crippen MR) is 48.3 cm³/mol. The normalized spacial score (nSPS) is 25.2. The molecule has 1 aliphatic rings. The smallest absolute Gasteiger partial charge is 0.306 e. The van der Waals surface area contributed by atoms with E-state index >= 15 is 0 Å². The topological polar surface area (TPSA) is 54.4 Å². The summed E-state index contributed by atoms with van der Waals surface area (Å²) in [6, 6.07) is 0. The van der Waals surface area contributed by atoms with E-state index in [4.69, 9.17) is 5.11 Å². The van der Waals surface area contributed by atoms with E-state index in [1.165, 1.54) is 0 Å². The van der Waals surface area contributed by atoms with Gasteiger partial charge in [0, 0.05) is 5.92 Å².